The second-order valence-electron chi connectivity index (χ2n) is 4.80. The zero-order valence-electron chi connectivity index (χ0n) is 10.5. The number of carbonyl (C=O) groups is 1. The van der Waals surface area contributed by atoms with Crippen LogP contribution in [0.1, 0.15) is 6.92 Å². The van der Waals surface area contributed by atoms with Gasteiger partial charge in [0.2, 0.25) is 0 Å². The van der Waals surface area contributed by atoms with E-state index in [9.17, 15) is 4.79 Å². The van der Waals surface area contributed by atoms with Gasteiger partial charge in [0.25, 0.3) is 0 Å². The maximum absolute atomic E-state index is 11.1. The molecule has 0 aliphatic heterocycles. The lowest BCUT2D eigenvalue weighted by Gasteiger charge is -2.32. The SMILES string of the molecule is C=C(C)C(=O)OCC[N+](C)(C)CN(C)C. The zero-order valence-corrected chi connectivity index (χ0v) is 10.5. The maximum atomic E-state index is 11.1. The molecule has 15 heavy (non-hydrogen) atoms. The van der Waals surface area contributed by atoms with Crippen LogP contribution in [0.5, 0.6) is 0 Å². The minimum absolute atomic E-state index is 0.306. The van der Waals surface area contributed by atoms with Crippen molar-refractivity contribution >= 4 is 5.97 Å². The van der Waals surface area contributed by atoms with Crippen molar-refractivity contribution in [3.63, 3.8) is 0 Å². The van der Waals surface area contributed by atoms with Crippen molar-refractivity contribution < 1.29 is 14.0 Å². The van der Waals surface area contributed by atoms with Crippen molar-refractivity contribution in [1.29, 1.82) is 0 Å². The number of hydrogen-bond acceptors (Lipinski definition) is 3. The number of carbonyl (C=O) groups excluding carboxylic acids is 1. The molecule has 0 saturated carbocycles. The van der Waals surface area contributed by atoms with Crippen molar-refractivity contribution in [2.75, 3.05) is 48.0 Å². The molecule has 0 bridgehead atoms. The van der Waals surface area contributed by atoms with Gasteiger partial charge in [-0.25, -0.2) is 4.79 Å². The van der Waals surface area contributed by atoms with Crippen LogP contribution in [-0.2, 0) is 9.53 Å². The molecule has 4 heteroatoms. The van der Waals surface area contributed by atoms with Gasteiger partial charge in [-0.1, -0.05) is 6.58 Å². The zero-order chi connectivity index (χ0) is 12.1. The van der Waals surface area contributed by atoms with Crippen molar-refractivity contribution in [2.24, 2.45) is 0 Å². The Labute approximate surface area is 92.7 Å². The Morgan fingerprint density at radius 1 is 1.40 bits per heavy atom. The molecule has 4 nitrogen and oxygen atoms in total. The second-order valence-corrected chi connectivity index (χ2v) is 4.80. The fraction of sp³-hybridized carbons (Fsp3) is 0.727. The number of likely N-dealkylation sites (N-methyl/N-ethyl adjacent to an activating group) is 1. The van der Waals surface area contributed by atoms with Crippen molar-refractivity contribution in [3.8, 4) is 0 Å². The van der Waals surface area contributed by atoms with E-state index < -0.39 is 0 Å². The van der Waals surface area contributed by atoms with E-state index in [1.165, 1.54) is 0 Å². The summed E-state index contributed by atoms with van der Waals surface area (Å²) in [4.78, 5) is 13.2. The fourth-order valence-electron chi connectivity index (χ4n) is 1.35. The number of esters is 1. The highest BCUT2D eigenvalue weighted by Crippen LogP contribution is 1.99. The van der Waals surface area contributed by atoms with Crippen LogP contribution in [0.25, 0.3) is 0 Å². The van der Waals surface area contributed by atoms with Crippen LogP contribution in [0.2, 0.25) is 0 Å². The quantitative estimate of drug-likeness (QED) is 0.283. The van der Waals surface area contributed by atoms with Crippen molar-refractivity contribution in [1.82, 2.24) is 4.90 Å². The van der Waals surface area contributed by atoms with Crippen LogP contribution in [-0.4, -0.2) is 63.4 Å². The van der Waals surface area contributed by atoms with Gasteiger partial charge in [-0.3, -0.25) is 4.90 Å². The van der Waals surface area contributed by atoms with E-state index in [0.717, 1.165) is 17.7 Å². The first-order valence-corrected chi connectivity index (χ1v) is 5.04. The molecule has 0 atom stereocenters. The molecule has 0 radical (unpaired) electrons. The first-order chi connectivity index (χ1) is 6.74. The van der Waals surface area contributed by atoms with E-state index in [1.807, 2.05) is 14.1 Å². The molecule has 0 spiro atoms. The molecule has 0 N–H and O–H groups in total. The summed E-state index contributed by atoms with van der Waals surface area (Å²) in [5, 5.41) is 0. The topological polar surface area (TPSA) is 29.5 Å². The highest BCUT2D eigenvalue weighted by Gasteiger charge is 2.16. The van der Waals surface area contributed by atoms with Crippen LogP contribution < -0.4 is 0 Å². The van der Waals surface area contributed by atoms with Gasteiger partial charge in [0.05, 0.1) is 14.1 Å². The number of rotatable bonds is 6. The predicted molar refractivity (Wildman–Crippen MR) is 61.3 cm³/mol. The predicted octanol–water partition coefficient (Wildman–Crippen LogP) is 0.701. The first-order valence-electron chi connectivity index (χ1n) is 5.04. The fourth-order valence-corrected chi connectivity index (χ4v) is 1.35. The molecule has 0 amide bonds. The number of ether oxygens (including phenoxy) is 1. The van der Waals surface area contributed by atoms with E-state index in [0.29, 0.717) is 12.2 Å². The summed E-state index contributed by atoms with van der Waals surface area (Å²) in [6, 6.07) is 0. The molecule has 0 saturated heterocycles. The first kappa shape index (κ1) is 14.1. The second kappa shape index (κ2) is 5.88. The standard InChI is InChI=1S/C11H23N2O2/c1-10(2)11(14)15-8-7-13(5,6)9-12(3)4/h1,7-9H2,2-6H3/q+1. The number of nitrogens with zero attached hydrogens (tertiary/aromatic N) is 2. The Morgan fingerprint density at radius 2 is 1.93 bits per heavy atom. The Morgan fingerprint density at radius 3 is 2.33 bits per heavy atom. The van der Waals surface area contributed by atoms with Crippen LogP contribution >= 0.6 is 0 Å². The average molecular weight is 215 g/mol. The summed E-state index contributed by atoms with van der Waals surface area (Å²) in [5.41, 5.74) is 0.452. The Kier molecular flexibility index (Phi) is 5.54. The maximum Gasteiger partial charge on any atom is 0.333 e. The van der Waals surface area contributed by atoms with Crippen LogP contribution in [0.3, 0.4) is 0 Å². The summed E-state index contributed by atoms with van der Waals surface area (Å²) < 4.78 is 5.85. The number of hydrogen-bond donors (Lipinski definition) is 0. The summed E-state index contributed by atoms with van der Waals surface area (Å²) >= 11 is 0. The molecule has 0 aliphatic carbocycles. The molecule has 0 aromatic rings. The third-order valence-electron chi connectivity index (χ3n) is 1.94. The van der Waals surface area contributed by atoms with Gasteiger partial charge >= 0.3 is 5.97 Å². The molecule has 0 aliphatic rings. The molecule has 0 rings (SSSR count). The largest absolute Gasteiger partial charge is 0.456 e. The van der Waals surface area contributed by atoms with Gasteiger partial charge in [0, 0.05) is 5.57 Å². The highest BCUT2D eigenvalue weighted by molar-refractivity contribution is 5.86. The van der Waals surface area contributed by atoms with E-state index in [4.69, 9.17) is 4.74 Å². The van der Waals surface area contributed by atoms with E-state index in [-0.39, 0.29) is 5.97 Å². The lowest BCUT2D eigenvalue weighted by molar-refractivity contribution is -0.899. The Balaban J connectivity index is 3.84. The van der Waals surface area contributed by atoms with Crippen LogP contribution in [0, 0.1) is 0 Å². The van der Waals surface area contributed by atoms with E-state index in [2.05, 4.69) is 25.6 Å². The number of quaternary nitrogens is 1. The van der Waals surface area contributed by atoms with E-state index in [1.54, 1.807) is 6.92 Å². The normalized spacial score (nSPS) is 11.6. The molecule has 88 valence electrons. The summed E-state index contributed by atoms with van der Waals surface area (Å²) in [5.74, 6) is -0.306. The molecular formula is C11H23N2O2+. The summed E-state index contributed by atoms with van der Waals surface area (Å²) in [7, 11) is 8.27. The lowest BCUT2D eigenvalue weighted by atomic mass is 10.4. The Bertz CT molecular complexity index is 235. The minimum atomic E-state index is -0.306. The molecule has 0 aromatic carbocycles. The van der Waals surface area contributed by atoms with Gasteiger partial charge in [-0.05, 0) is 21.0 Å². The van der Waals surface area contributed by atoms with Crippen LogP contribution in [0.4, 0.5) is 0 Å². The van der Waals surface area contributed by atoms with Gasteiger partial charge in [-0.15, -0.1) is 0 Å². The molecule has 0 aromatic heterocycles. The monoisotopic (exact) mass is 215 g/mol. The van der Waals surface area contributed by atoms with Crippen LogP contribution in [0.15, 0.2) is 12.2 Å². The van der Waals surface area contributed by atoms with Gasteiger partial charge < -0.3 is 9.22 Å². The molecular weight excluding hydrogens is 192 g/mol. The van der Waals surface area contributed by atoms with Gasteiger partial charge in [0.15, 0.2) is 0 Å². The Hall–Kier alpha value is -0.870. The van der Waals surface area contributed by atoms with E-state index >= 15 is 0 Å². The lowest BCUT2D eigenvalue weighted by Crippen LogP contribution is -2.48. The third kappa shape index (κ3) is 7.11. The summed E-state index contributed by atoms with van der Waals surface area (Å²) in [6.07, 6.45) is 0. The molecule has 0 unspecified atom stereocenters. The summed E-state index contributed by atoms with van der Waals surface area (Å²) in [6.45, 7) is 7.35. The highest BCUT2D eigenvalue weighted by atomic mass is 16.5. The average Bonchev–Trinajstić information content (AvgIpc) is 2.00. The minimum Gasteiger partial charge on any atom is -0.456 e. The van der Waals surface area contributed by atoms with Crippen molar-refractivity contribution in [2.45, 2.75) is 6.92 Å². The third-order valence-corrected chi connectivity index (χ3v) is 1.94. The van der Waals surface area contributed by atoms with Gasteiger partial charge in [-0.2, -0.15) is 0 Å². The smallest absolute Gasteiger partial charge is 0.333 e. The molecule has 0 fully saturated rings. The molecule has 0 heterocycles. The van der Waals surface area contributed by atoms with Gasteiger partial charge in [0.1, 0.15) is 19.8 Å². The van der Waals surface area contributed by atoms with Crippen molar-refractivity contribution in [3.05, 3.63) is 12.2 Å².